The minimum absolute atomic E-state index is 0.264. The molecule has 5 nitrogen and oxygen atoms in total. The van der Waals surface area contributed by atoms with Crippen LogP contribution in [0.5, 0.6) is 0 Å². The number of aromatic nitrogens is 1. The molecule has 134 valence electrons. The van der Waals surface area contributed by atoms with Crippen molar-refractivity contribution in [3.8, 4) is 11.1 Å². The van der Waals surface area contributed by atoms with E-state index < -0.39 is 0 Å². The third kappa shape index (κ3) is 2.86. The van der Waals surface area contributed by atoms with Gasteiger partial charge in [0.2, 0.25) is 0 Å². The molecule has 1 aromatic heterocycles. The standard InChI is InChI=1S/C22H18N2O3/c25-21-19-14-16(18-7-3-5-15-4-1-2-6-17(15)18)8-9-20(19)27-22(23-21)24-10-12-26-13-11-24/h1-9,14H,10-13H2. The first-order valence-corrected chi connectivity index (χ1v) is 9.05. The molecular weight excluding hydrogens is 340 g/mol. The van der Waals surface area contributed by atoms with Crippen LogP contribution in [0.15, 0.2) is 69.9 Å². The van der Waals surface area contributed by atoms with Crippen LogP contribution in [0.3, 0.4) is 0 Å². The van der Waals surface area contributed by atoms with Crippen molar-refractivity contribution >= 4 is 27.8 Å². The molecule has 0 spiro atoms. The molecule has 5 heteroatoms. The van der Waals surface area contributed by atoms with Crippen molar-refractivity contribution in [3.63, 3.8) is 0 Å². The zero-order valence-electron chi connectivity index (χ0n) is 14.7. The van der Waals surface area contributed by atoms with Gasteiger partial charge in [0.1, 0.15) is 5.58 Å². The van der Waals surface area contributed by atoms with Crippen LogP contribution in [-0.4, -0.2) is 31.3 Å². The van der Waals surface area contributed by atoms with E-state index in [9.17, 15) is 4.79 Å². The molecule has 1 saturated heterocycles. The number of hydrogen-bond donors (Lipinski definition) is 0. The molecule has 0 aliphatic carbocycles. The second-order valence-corrected chi connectivity index (χ2v) is 6.64. The maximum Gasteiger partial charge on any atom is 0.301 e. The van der Waals surface area contributed by atoms with E-state index in [1.54, 1.807) is 0 Å². The van der Waals surface area contributed by atoms with Crippen LogP contribution >= 0.6 is 0 Å². The van der Waals surface area contributed by atoms with Gasteiger partial charge in [-0.05, 0) is 34.0 Å². The van der Waals surface area contributed by atoms with Gasteiger partial charge in [0.15, 0.2) is 0 Å². The summed E-state index contributed by atoms with van der Waals surface area (Å²) in [6.07, 6.45) is 0. The fraction of sp³-hybridized carbons (Fsp3) is 0.182. The molecule has 0 amide bonds. The Hall–Kier alpha value is -3.18. The number of rotatable bonds is 2. The minimum Gasteiger partial charge on any atom is -0.425 e. The lowest BCUT2D eigenvalue weighted by Crippen LogP contribution is -2.37. The fourth-order valence-corrected chi connectivity index (χ4v) is 3.59. The highest BCUT2D eigenvalue weighted by Crippen LogP contribution is 2.30. The third-order valence-corrected chi connectivity index (χ3v) is 4.99. The van der Waals surface area contributed by atoms with Crippen LogP contribution in [-0.2, 0) is 4.74 Å². The Kier molecular flexibility index (Phi) is 3.87. The van der Waals surface area contributed by atoms with E-state index in [0.717, 1.165) is 16.5 Å². The molecule has 0 N–H and O–H groups in total. The summed E-state index contributed by atoms with van der Waals surface area (Å²) in [5, 5.41) is 2.82. The normalized spacial score (nSPS) is 14.7. The fourth-order valence-electron chi connectivity index (χ4n) is 3.59. The lowest BCUT2D eigenvalue weighted by molar-refractivity contribution is 0.120. The lowest BCUT2D eigenvalue weighted by Gasteiger charge is -2.25. The van der Waals surface area contributed by atoms with Gasteiger partial charge < -0.3 is 14.1 Å². The zero-order chi connectivity index (χ0) is 18.2. The molecule has 0 atom stereocenters. The maximum atomic E-state index is 12.7. The molecule has 4 aromatic rings. The second kappa shape index (κ2) is 6.52. The van der Waals surface area contributed by atoms with E-state index in [1.165, 1.54) is 5.39 Å². The van der Waals surface area contributed by atoms with Gasteiger partial charge in [-0.2, -0.15) is 4.98 Å². The first-order chi connectivity index (χ1) is 13.3. The van der Waals surface area contributed by atoms with Crippen molar-refractivity contribution in [2.24, 2.45) is 0 Å². The van der Waals surface area contributed by atoms with Gasteiger partial charge in [-0.25, -0.2) is 0 Å². The molecule has 1 aliphatic rings. The van der Waals surface area contributed by atoms with Gasteiger partial charge in [0.25, 0.3) is 5.56 Å². The van der Waals surface area contributed by atoms with Crippen LogP contribution in [0.4, 0.5) is 6.01 Å². The Bertz CT molecular complexity index is 1190. The summed E-state index contributed by atoms with van der Waals surface area (Å²) < 4.78 is 11.3. The average molecular weight is 358 g/mol. The highest BCUT2D eigenvalue weighted by atomic mass is 16.5. The number of fused-ring (bicyclic) bond motifs is 2. The Morgan fingerprint density at radius 1 is 0.889 bits per heavy atom. The van der Waals surface area contributed by atoms with Gasteiger partial charge in [-0.15, -0.1) is 0 Å². The zero-order valence-corrected chi connectivity index (χ0v) is 14.7. The van der Waals surface area contributed by atoms with Gasteiger partial charge in [0.05, 0.1) is 18.6 Å². The summed E-state index contributed by atoms with van der Waals surface area (Å²) in [5.74, 6) is 0. The molecule has 0 saturated carbocycles. The average Bonchev–Trinajstić information content (AvgIpc) is 2.74. The molecule has 2 heterocycles. The second-order valence-electron chi connectivity index (χ2n) is 6.64. The molecule has 5 rings (SSSR count). The minimum atomic E-state index is -0.264. The molecule has 0 bridgehead atoms. The van der Waals surface area contributed by atoms with Crippen LogP contribution < -0.4 is 10.5 Å². The van der Waals surface area contributed by atoms with E-state index in [1.807, 2.05) is 41.3 Å². The Balaban J connectivity index is 1.63. The lowest BCUT2D eigenvalue weighted by atomic mass is 9.97. The van der Waals surface area contributed by atoms with Crippen molar-refractivity contribution in [2.45, 2.75) is 0 Å². The Morgan fingerprint density at radius 2 is 1.70 bits per heavy atom. The summed E-state index contributed by atoms with van der Waals surface area (Å²) in [6.45, 7) is 2.58. The Morgan fingerprint density at radius 3 is 2.59 bits per heavy atom. The van der Waals surface area contributed by atoms with E-state index in [4.69, 9.17) is 9.15 Å². The monoisotopic (exact) mass is 358 g/mol. The van der Waals surface area contributed by atoms with E-state index in [-0.39, 0.29) is 5.56 Å². The van der Waals surface area contributed by atoms with Crippen LogP contribution in [0.1, 0.15) is 0 Å². The van der Waals surface area contributed by atoms with Crippen LogP contribution in [0.2, 0.25) is 0 Å². The number of benzene rings is 3. The summed E-state index contributed by atoms with van der Waals surface area (Å²) in [7, 11) is 0. The van der Waals surface area contributed by atoms with Gasteiger partial charge in [-0.1, -0.05) is 48.5 Å². The topological polar surface area (TPSA) is 55.6 Å². The highest BCUT2D eigenvalue weighted by molar-refractivity contribution is 5.98. The quantitative estimate of drug-likeness (QED) is 0.545. The maximum absolute atomic E-state index is 12.7. The largest absolute Gasteiger partial charge is 0.425 e. The first-order valence-electron chi connectivity index (χ1n) is 9.05. The number of nitrogens with zero attached hydrogens (tertiary/aromatic N) is 2. The van der Waals surface area contributed by atoms with Crippen molar-refractivity contribution in [1.82, 2.24) is 4.98 Å². The Labute approximate surface area is 155 Å². The predicted molar refractivity (Wildman–Crippen MR) is 106 cm³/mol. The van der Waals surface area contributed by atoms with Crippen molar-refractivity contribution in [2.75, 3.05) is 31.2 Å². The summed E-state index contributed by atoms with van der Waals surface area (Å²) in [4.78, 5) is 18.8. The van der Waals surface area contributed by atoms with Crippen molar-refractivity contribution < 1.29 is 9.15 Å². The number of hydrogen-bond acceptors (Lipinski definition) is 5. The predicted octanol–water partition coefficient (Wildman–Crippen LogP) is 3.84. The third-order valence-electron chi connectivity index (χ3n) is 4.99. The van der Waals surface area contributed by atoms with Crippen LogP contribution in [0.25, 0.3) is 32.9 Å². The molecule has 27 heavy (non-hydrogen) atoms. The molecule has 0 unspecified atom stereocenters. The molecule has 1 fully saturated rings. The number of morpholine rings is 1. The van der Waals surface area contributed by atoms with Gasteiger partial charge in [-0.3, -0.25) is 4.79 Å². The first kappa shape index (κ1) is 16.0. The summed E-state index contributed by atoms with van der Waals surface area (Å²) >= 11 is 0. The molecule has 0 radical (unpaired) electrons. The van der Waals surface area contributed by atoms with E-state index >= 15 is 0 Å². The SMILES string of the molecule is O=c1nc(N2CCOCC2)oc2ccc(-c3cccc4ccccc34)cc12. The van der Waals surface area contributed by atoms with E-state index in [2.05, 4.69) is 29.2 Å². The molecule has 3 aromatic carbocycles. The summed E-state index contributed by atoms with van der Waals surface area (Å²) in [6, 6.07) is 20.5. The highest BCUT2D eigenvalue weighted by Gasteiger charge is 2.17. The van der Waals surface area contributed by atoms with Crippen LogP contribution in [0, 0.1) is 0 Å². The number of ether oxygens (including phenoxy) is 1. The van der Waals surface area contributed by atoms with Crippen molar-refractivity contribution in [3.05, 3.63) is 71.0 Å². The van der Waals surface area contributed by atoms with E-state index in [0.29, 0.717) is 43.3 Å². The number of anilines is 1. The van der Waals surface area contributed by atoms with Crippen molar-refractivity contribution in [1.29, 1.82) is 0 Å². The van der Waals surface area contributed by atoms with Gasteiger partial charge in [0, 0.05) is 13.1 Å². The van der Waals surface area contributed by atoms with Gasteiger partial charge >= 0.3 is 6.01 Å². The molecule has 1 aliphatic heterocycles. The molecular formula is C22H18N2O3. The summed E-state index contributed by atoms with van der Waals surface area (Å²) in [5.41, 5.74) is 2.36. The smallest absolute Gasteiger partial charge is 0.301 e.